The van der Waals surface area contributed by atoms with E-state index < -0.39 is 0 Å². The number of nitrogens with two attached hydrogens (primary N) is 1. The zero-order chi connectivity index (χ0) is 11.3. The fourth-order valence-electron chi connectivity index (χ4n) is 1.98. The Bertz CT molecular complexity index is 211. The fraction of sp³-hybridized carbons (Fsp3) is 0.909. The maximum Gasteiger partial charge on any atom is 0.237 e. The van der Waals surface area contributed by atoms with Crippen molar-refractivity contribution in [3.8, 4) is 0 Å². The molecule has 4 heteroatoms. The second-order valence-electron chi connectivity index (χ2n) is 4.24. The van der Waals surface area contributed by atoms with E-state index in [9.17, 15) is 4.79 Å². The SMILES string of the molecule is CC[C@H](N)C(=O)N[C@@H]1CCC[C@H](SC)C1. The van der Waals surface area contributed by atoms with Crippen LogP contribution < -0.4 is 11.1 Å². The van der Waals surface area contributed by atoms with Crippen molar-refractivity contribution in [3.05, 3.63) is 0 Å². The predicted octanol–water partition coefficient (Wildman–Crippen LogP) is 1.51. The fourth-order valence-corrected chi connectivity index (χ4v) is 2.81. The van der Waals surface area contributed by atoms with Crippen molar-refractivity contribution >= 4 is 17.7 Å². The van der Waals surface area contributed by atoms with Crippen LogP contribution in [0.4, 0.5) is 0 Å². The molecule has 0 aromatic carbocycles. The standard InChI is InChI=1S/C11H22N2OS/c1-3-10(12)11(14)13-8-5-4-6-9(7-8)15-2/h8-10H,3-7,12H2,1-2H3,(H,13,14)/t8-,9+,10+/m1/s1. The van der Waals surface area contributed by atoms with Gasteiger partial charge in [0.25, 0.3) is 0 Å². The highest BCUT2D eigenvalue weighted by Crippen LogP contribution is 2.26. The van der Waals surface area contributed by atoms with Gasteiger partial charge in [-0.2, -0.15) is 11.8 Å². The average molecular weight is 230 g/mol. The molecule has 1 rings (SSSR count). The summed E-state index contributed by atoms with van der Waals surface area (Å²) in [7, 11) is 0. The molecule has 1 amide bonds. The van der Waals surface area contributed by atoms with E-state index in [1.807, 2.05) is 18.7 Å². The summed E-state index contributed by atoms with van der Waals surface area (Å²) in [5.41, 5.74) is 5.68. The smallest absolute Gasteiger partial charge is 0.237 e. The molecule has 1 saturated carbocycles. The van der Waals surface area contributed by atoms with Gasteiger partial charge in [-0.3, -0.25) is 4.79 Å². The van der Waals surface area contributed by atoms with Crippen LogP contribution in [0.1, 0.15) is 39.0 Å². The Morgan fingerprint density at radius 2 is 2.33 bits per heavy atom. The molecule has 88 valence electrons. The van der Waals surface area contributed by atoms with Crippen LogP contribution in [0.25, 0.3) is 0 Å². The van der Waals surface area contributed by atoms with Crippen LogP contribution in [-0.4, -0.2) is 29.5 Å². The highest BCUT2D eigenvalue weighted by atomic mass is 32.2. The Morgan fingerprint density at radius 3 is 2.93 bits per heavy atom. The highest BCUT2D eigenvalue weighted by Gasteiger charge is 2.23. The van der Waals surface area contributed by atoms with Crippen molar-refractivity contribution in [3.63, 3.8) is 0 Å². The van der Waals surface area contributed by atoms with E-state index >= 15 is 0 Å². The Balaban J connectivity index is 2.34. The summed E-state index contributed by atoms with van der Waals surface area (Å²) in [5.74, 6) is 0.0178. The molecule has 0 bridgehead atoms. The lowest BCUT2D eigenvalue weighted by Crippen LogP contribution is -2.46. The molecule has 0 heterocycles. The molecular formula is C11H22N2OS. The van der Waals surface area contributed by atoms with Gasteiger partial charge in [0.05, 0.1) is 6.04 Å². The van der Waals surface area contributed by atoms with E-state index in [0.717, 1.165) is 12.8 Å². The van der Waals surface area contributed by atoms with E-state index in [2.05, 4.69) is 11.6 Å². The van der Waals surface area contributed by atoms with E-state index in [4.69, 9.17) is 5.73 Å². The van der Waals surface area contributed by atoms with Crippen LogP contribution in [0.15, 0.2) is 0 Å². The van der Waals surface area contributed by atoms with Gasteiger partial charge in [-0.25, -0.2) is 0 Å². The lowest BCUT2D eigenvalue weighted by molar-refractivity contribution is -0.123. The zero-order valence-electron chi connectivity index (χ0n) is 9.66. The van der Waals surface area contributed by atoms with Gasteiger partial charge in [0.2, 0.25) is 5.91 Å². The van der Waals surface area contributed by atoms with Gasteiger partial charge in [-0.1, -0.05) is 13.3 Å². The van der Waals surface area contributed by atoms with Gasteiger partial charge in [0.1, 0.15) is 0 Å². The molecule has 3 N–H and O–H groups in total. The summed E-state index contributed by atoms with van der Waals surface area (Å²) >= 11 is 1.91. The van der Waals surface area contributed by atoms with Gasteiger partial charge >= 0.3 is 0 Å². The van der Waals surface area contributed by atoms with Crippen molar-refractivity contribution in [1.82, 2.24) is 5.32 Å². The average Bonchev–Trinajstić information content (AvgIpc) is 2.28. The topological polar surface area (TPSA) is 55.1 Å². The summed E-state index contributed by atoms with van der Waals surface area (Å²) in [6.45, 7) is 1.94. The van der Waals surface area contributed by atoms with E-state index in [0.29, 0.717) is 17.7 Å². The first kappa shape index (κ1) is 12.8. The molecule has 0 radical (unpaired) electrons. The first-order valence-electron chi connectivity index (χ1n) is 5.76. The Morgan fingerprint density at radius 1 is 1.60 bits per heavy atom. The van der Waals surface area contributed by atoms with Gasteiger partial charge in [-0.05, 0) is 31.9 Å². The maximum absolute atomic E-state index is 11.6. The second kappa shape index (κ2) is 6.38. The van der Waals surface area contributed by atoms with Crippen molar-refractivity contribution in [2.75, 3.05) is 6.26 Å². The largest absolute Gasteiger partial charge is 0.352 e. The van der Waals surface area contributed by atoms with Crippen LogP contribution >= 0.6 is 11.8 Å². The number of rotatable bonds is 4. The van der Waals surface area contributed by atoms with Gasteiger partial charge in [0.15, 0.2) is 0 Å². The predicted molar refractivity (Wildman–Crippen MR) is 66.0 cm³/mol. The first-order valence-corrected chi connectivity index (χ1v) is 7.05. The van der Waals surface area contributed by atoms with E-state index in [-0.39, 0.29) is 11.9 Å². The lowest BCUT2D eigenvalue weighted by atomic mass is 9.94. The van der Waals surface area contributed by atoms with Gasteiger partial charge in [0, 0.05) is 11.3 Å². The van der Waals surface area contributed by atoms with Crippen LogP contribution in [0, 0.1) is 0 Å². The van der Waals surface area contributed by atoms with Crippen LogP contribution in [0.3, 0.4) is 0 Å². The molecule has 0 saturated heterocycles. The molecule has 0 aromatic rings. The number of hydrogen-bond donors (Lipinski definition) is 2. The van der Waals surface area contributed by atoms with Gasteiger partial charge < -0.3 is 11.1 Å². The van der Waals surface area contributed by atoms with Crippen molar-refractivity contribution in [2.24, 2.45) is 5.73 Å². The zero-order valence-corrected chi connectivity index (χ0v) is 10.5. The van der Waals surface area contributed by atoms with Gasteiger partial charge in [-0.15, -0.1) is 0 Å². The molecule has 0 aliphatic heterocycles. The second-order valence-corrected chi connectivity index (χ2v) is 5.38. The maximum atomic E-state index is 11.6. The summed E-state index contributed by atoms with van der Waals surface area (Å²) in [5, 5.41) is 3.77. The molecule has 1 aliphatic rings. The molecule has 3 atom stereocenters. The monoisotopic (exact) mass is 230 g/mol. The number of hydrogen-bond acceptors (Lipinski definition) is 3. The highest BCUT2D eigenvalue weighted by molar-refractivity contribution is 7.99. The van der Waals surface area contributed by atoms with E-state index in [1.54, 1.807) is 0 Å². The third-order valence-electron chi connectivity index (χ3n) is 3.08. The molecule has 0 aromatic heterocycles. The molecule has 1 fully saturated rings. The van der Waals surface area contributed by atoms with E-state index in [1.165, 1.54) is 12.8 Å². The summed E-state index contributed by atoms with van der Waals surface area (Å²) < 4.78 is 0. The number of amides is 1. The quantitative estimate of drug-likeness (QED) is 0.770. The van der Waals surface area contributed by atoms with Crippen LogP contribution in [-0.2, 0) is 4.79 Å². The third-order valence-corrected chi connectivity index (χ3v) is 4.18. The summed E-state index contributed by atoms with van der Waals surface area (Å²) in [4.78, 5) is 11.6. The molecule has 15 heavy (non-hydrogen) atoms. The molecule has 0 unspecified atom stereocenters. The third kappa shape index (κ3) is 4.03. The van der Waals surface area contributed by atoms with Crippen molar-refractivity contribution in [1.29, 1.82) is 0 Å². The van der Waals surface area contributed by atoms with Crippen molar-refractivity contribution < 1.29 is 4.79 Å². The number of carbonyl (C=O) groups excluding carboxylic acids is 1. The molecule has 0 spiro atoms. The minimum atomic E-state index is -0.334. The Kier molecular flexibility index (Phi) is 5.47. The number of nitrogens with one attached hydrogen (secondary N) is 1. The Labute approximate surface area is 96.6 Å². The molecule has 1 aliphatic carbocycles. The first-order chi connectivity index (χ1) is 7.17. The van der Waals surface area contributed by atoms with Crippen LogP contribution in [0.2, 0.25) is 0 Å². The minimum absolute atomic E-state index is 0.0178. The van der Waals surface area contributed by atoms with Crippen LogP contribution in [0.5, 0.6) is 0 Å². The number of thioether (sulfide) groups is 1. The Hall–Kier alpha value is -0.220. The summed E-state index contributed by atoms with van der Waals surface area (Å²) in [6.07, 6.45) is 7.57. The summed E-state index contributed by atoms with van der Waals surface area (Å²) in [6, 6.07) is 0.0148. The molecular weight excluding hydrogens is 208 g/mol. The number of carbonyl (C=O) groups is 1. The lowest BCUT2D eigenvalue weighted by Gasteiger charge is -2.29. The normalized spacial score (nSPS) is 28.5. The minimum Gasteiger partial charge on any atom is -0.352 e. The molecule has 3 nitrogen and oxygen atoms in total. The van der Waals surface area contributed by atoms with Crippen molar-refractivity contribution in [2.45, 2.75) is 56.4 Å².